The van der Waals surface area contributed by atoms with E-state index in [0.29, 0.717) is 13.1 Å². The molecule has 7 nitrogen and oxygen atoms in total. The van der Waals surface area contributed by atoms with Crippen molar-refractivity contribution < 1.29 is 14.0 Å². The highest BCUT2D eigenvalue weighted by molar-refractivity contribution is 5.98. The van der Waals surface area contributed by atoms with Crippen LogP contribution in [0.15, 0.2) is 61.4 Å². The number of halogens is 1. The average molecular weight is 407 g/mol. The Bertz CT molecular complexity index is 1020. The van der Waals surface area contributed by atoms with Crippen LogP contribution in [0.1, 0.15) is 28.8 Å². The summed E-state index contributed by atoms with van der Waals surface area (Å²) in [6.45, 7) is 1.27. The fourth-order valence-electron chi connectivity index (χ4n) is 3.78. The number of nitrogens with one attached hydrogen (secondary N) is 1. The summed E-state index contributed by atoms with van der Waals surface area (Å²) in [6, 6.07) is 7.52. The third kappa shape index (κ3) is 4.71. The van der Waals surface area contributed by atoms with E-state index in [1.165, 1.54) is 18.2 Å². The number of rotatable bonds is 6. The Balaban J connectivity index is 1.46. The fourth-order valence-corrected chi connectivity index (χ4v) is 3.78. The molecule has 1 aromatic carbocycles. The van der Waals surface area contributed by atoms with E-state index in [0.717, 1.165) is 18.4 Å². The second-order valence-electron chi connectivity index (χ2n) is 7.37. The predicted octanol–water partition coefficient (Wildman–Crippen LogP) is 2.90. The summed E-state index contributed by atoms with van der Waals surface area (Å²) >= 11 is 0. The molecule has 1 atom stereocenters. The van der Waals surface area contributed by atoms with Crippen molar-refractivity contribution in [3.8, 4) is 0 Å². The molecule has 8 heteroatoms. The van der Waals surface area contributed by atoms with Crippen molar-refractivity contribution in [1.29, 1.82) is 0 Å². The SMILES string of the molecule is O=C(Cc1cccnc1)Nc1cc(F)cc(C(=O)N2CCCC2Cn2ccnc2)c1. The summed E-state index contributed by atoms with van der Waals surface area (Å²) in [6.07, 6.45) is 10.4. The summed E-state index contributed by atoms with van der Waals surface area (Å²) < 4.78 is 16.1. The number of imidazole rings is 1. The Morgan fingerprint density at radius 2 is 2.10 bits per heavy atom. The van der Waals surface area contributed by atoms with E-state index in [1.807, 2.05) is 10.8 Å². The minimum Gasteiger partial charge on any atom is -0.335 e. The van der Waals surface area contributed by atoms with Crippen LogP contribution in [0, 0.1) is 5.82 Å². The van der Waals surface area contributed by atoms with Crippen molar-refractivity contribution in [2.75, 3.05) is 11.9 Å². The molecule has 154 valence electrons. The fraction of sp³-hybridized carbons (Fsp3) is 0.273. The van der Waals surface area contributed by atoms with E-state index in [-0.39, 0.29) is 35.5 Å². The van der Waals surface area contributed by atoms with Crippen LogP contribution in [0.2, 0.25) is 0 Å². The summed E-state index contributed by atoms with van der Waals surface area (Å²) in [5.74, 6) is -1.10. The zero-order chi connectivity index (χ0) is 20.9. The maximum atomic E-state index is 14.2. The Hall–Kier alpha value is -3.55. The van der Waals surface area contributed by atoms with Gasteiger partial charge in [-0.3, -0.25) is 14.6 Å². The lowest BCUT2D eigenvalue weighted by atomic mass is 10.1. The van der Waals surface area contributed by atoms with Gasteiger partial charge in [0.15, 0.2) is 0 Å². The number of hydrogen-bond donors (Lipinski definition) is 1. The van der Waals surface area contributed by atoms with Crippen LogP contribution >= 0.6 is 0 Å². The Kier molecular flexibility index (Phi) is 5.83. The molecule has 4 rings (SSSR count). The molecule has 0 saturated carbocycles. The highest BCUT2D eigenvalue weighted by atomic mass is 19.1. The maximum absolute atomic E-state index is 14.2. The predicted molar refractivity (Wildman–Crippen MR) is 109 cm³/mol. The number of carbonyl (C=O) groups excluding carboxylic acids is 2. The normalized spacial score (nSPS) is 15.9. The molecule has 1 aliphatic heterocycles. The number of hydrogen-bond acceptors (Lipinski definition) is 4. The first-order chi connectivity index (χ1) is 14.6. The van der Waals surface area contributed by atoms with Gasteiger partial charge in [0.1, 0.15) is 5.82 Å². The molecule has 2 amide bonds. The summed E-state index contributed by atoms with van der Waals surface area (Å²) in [5, 5.41) is 2.67. The maximum Gasteiger partial charge on any atom is 0.254 e. The molecular formula is C22H22FN5O2. The number of benzene rings is 1. The number of nitrogens with zero attached hydrogens (tertiary/aromatic N) is 4. The van der Waals surface area contributed by atoms with Gasteiger partial charge in [-0.05, 0) is 42.7 Å². The minimum atomic E-state index is -0.567. The molecule has 30 heavy (non-hydrogen) atoms. The Morgan fingerprint density at radius 3 is 2.87 bits per heavy atom. The van der Waals surface area contributed by atoms with Crippen LogP contribution in [0.5, 0.6) is 0 Å². The van der Waals surface area contributed by atoms with E-state index >= 15 is 0 Å². The van der Waals surface area contributed by atoms with Crippen molar-refractivity contribution in [1.82, 2.24) is 19.4 Å². The number of pyridine rings is 1. The Labute approximate surface area is 173 Å². The Morgan fingerprint density at radius 1 is 1.20 bits per heavy atom. The molecule has 1 fully saturated rings. The van der Waals surface area contributed by atoms with Gasteiger partial charge >= 0.3 is 0 Å². The topological polar surface area (TPSA) is 80.1 Å². The number of aromatic nitrogens is 3. The summed E-state index contributed by atoms with van der Waals surface area (Å²) in [7, 11) is 0. The molecule has 1 aliphatic rings. The first kappa shape index (κ1) is 19.8. The lowest BCUT2D eigenvalue weighted by Gasteiger charge is -2.25. The average Bonchev–Trinajstić information content (AvgIpc) is 3.40. The van der Waals surface area contributed by atoms with Gasteiger partial charge in [0.05, 0.1) is 12.7 Å². The van der Waals surface area contributed by atoms with E-state index < -0.39 is 5.82 Å². The van der Waals surface area contributed by atoms with Gasteiger partial charge in [-0.25, -0.2) is 9.37 Å². The van der Waals surface area contributed by atoms with Crippen LogP contribution in [0.3, 0.4) is 0 Å². The second-order valence-corrected chi connectivity index (χ2v) is 7.37. The molecule has 1 N–H and O–H groups in total. The van der Waals surface area contributed by atoms with E-state index in [1.54, 1.807) is 42.0 Å². The lowest BCUT2D eigenvalue weighted by Crippen LogP contribution is -2.38. The largest absolute Gasteiger partial charge is 0.335 e. The summed E-state index contributed by atoms with van der Waals surface area (Å²) in [4.78, 5) is 35.2. The highest BCUT2D eigenvalue weighted by Gasteiger charge is 2.30. The smallest absolute Gasteiger partial charge is 0.254 e. The van der Waals surface area contributed by atoms with Crippen LogP contribution in [-0.2, 0) is 17.8 Å². The van der Waals surface area contributed by atoms with Crippen molar-refractivity contribution in [2.45, 2.75) is 31.8 Å². The quantitative estimate of drug-likeness (QED) is 0.681. The van der Waals surface area contributed by atoms with Gasteiger partial charge in [-0.1, -0.05) is 6.07 Å². The zero-order valence-corrected chi connectivity index (χ0v) is 16.4. The third-order valence-electron chi connectivity index (χ3n) is 5.13. The van der Waals surface area contributed by atoms with Gasteiger partial charge in [0.25, 0.3) is 5.91 Å². The number of likely N-dealkylation sites (tertiary alicyclic amines) is 1. The molecular weight excluding hydrogens is 385 g/mol. The van der Waals surface area contributed by atoms with Gasteiger partial charge in [0.2, 0.25) is 5.91 Å². The second kappa shape index (κ2) is 8.86. The molecule has 0 spiro atoms. The molecule has 1 unspecified atom stereocenters. The van der Waals surface area contributed by atoms with Crippen molar-refractivity contribution >= 4 is 17.5 Å². The summed E-state index contributed by atoms with van der Waals surface area (Å²) in [5.41, 5.74) is 1.24. The van der Waals surface area contributed by atoms with Crippen LogP contribution < -0.4 is 5.32 Å². The van der Waals surface area contributed by atoms with Gasteiger partial charge in [-0.2, -0.15) is 0 Å². The molecule has 3 aromatic rings. The molecule has 1 saturated heterocycles. The van der Waals surface area contributed by atoms with E-state index in [4.69, 9.17) is 0 Å². The molecule has 2 aromatic heterocycles. The lowest BCUT2D eigenvalue weighted by molar-refractivity contribution is -0.115. The van der Waals surface area contributed by atoms with E-state index in [2.05, 4.69) is 15.3 Å². The molecule has 0 radical (unpaired) electrons. The number of carbonyl (C=O) groups is 2. The molecule has 3 heterocycles. The van der Waals surface area contributed by atoms with Gasteiger partial charge < -0.3 is 14.8 Å². The van der Waals surface area contributed by atoms with E-state index in [9.17, 15) is 14.0 Å². The molecule has 0 bridgehead atoms. The number of anilines is 1. The van der Waals surface area contributed by atoms with Gasteiger partial charge in [0, 0.05) is 55.2 Å². The van der Waals surface area contributed by atoms with Gasteiger partial charge in [-0.15, -0.1) is 0 Å². The first-order valence-corrected chi connectivity index (χ1v) is 9.84. The zero-order valence-electron chi connectivity index (χ0n) is 16.4. The van der Waals surface area contributed by atoms with Crippen molar-refractivity contribution in [3.05, 3.63) is 78.4 Å². The molecule has 0 aliphatic carbocycles. The first-order valence-electron chi connectivity index (χ1n) is 9.84. The van der Waals surface area contributed by atoms with Crippen molar-refractivity contribution in [3.63, 3.8) is 0 Å². The van der Waals surface area contributed by atoms with Crippen LogP contribution in [0.25, 0.3) is 0 Å². The van der Waals surface area contributed by atoms with Crippen LogP contribution in [-0.4, -0.2) is 43.8 Å². The highest BCUT2D eigenvalue weighted by Crippen LogP contribution is 2.23. The standard InChI is InChI=1S/C22H22FN5O2/c23-18-10-17(11-19(12-18)26-21(29)9-16-3-1-5-24-13-16)22(30)28-7-2-4-20(28)14-27-8-6-25-15-27/h1,3,5-6,8,10-13,15,20H,2,4,7,9,14H2,(H,26,29). The van der Waals surface area contributed by atoms with Crippen molar-refractivity contribution in [2.24, 2.45) is 0 Å². The minimum absolute atomic E-state index is 0.0265. The number of amides is 2. The monoisotopic (exact) mass is 407 g/mol. The third-order valence-corrected chi connectivity index (χ3v) is 5.13. The van der Waals surface area contributed by atoms with Crippen LogP contribution in [0.4, 0.5) is 10.1 Å².